The van der Waals surface area contributed by atoms with Gasteiger partial charge in [-0.25, -0.2) is 8.78 Å². The summed E-state index contributed by atoms with van der Waals surface area (Å²) in [5, 5.41) is 0. The molecule has 0 saturated heterocycles. The molecule has 5 nitrogen and oxygen atoms in total. The smallest absolute Gasteiger partial charge is 0.339 e. The minimum Gasteiger partial charge on any atom is -0.378 e. The van der Waals surface area contributed by atoms with Gasteiger partial charge < -0.3 is 9.92 Å². The molecule has 0 aromatic heterocycles. The van der Waals surface area contributed by atoms with Crippen molar-refractivity contribution in [2.75, 3.05) is 0 Å². The predicted octanol–water partition coefficient (Wildman–Crippen LogP) is 1.83. The zero-order valence-corrected chi connectivity index (χ0v) is 11.2. The monoisotopic (exact) mass is 313 g/mol. The molecule has 8 heteroatoms. The molecular weight excluding hydrogens is 304 g/mol. The molecule has 110 valence electrons. The van der Waals surface area contributed by atoms with Crippen LogP contribution in [0.1, 0.15) is 10.4 Å². The van der Waals surface area contributed by atoms with Crippen molar-refractivity contribution in [2.45, 2.75) is 4.90 Å². The van der Waals surface area contributed by atoms with E-state index in [0.717, 1.165) is 0 Å². The van der Waals surface area contributed by atoms with Crippen molar-refractivity contribution in [2.24, 2.45) is 5.73 Å². The lowest BCUT2D eigenvalue weighted by atomic mass is 10.2. The van der Waals surface area contributed by atoms with E-state index in [0.29, 0.717) is 18.2 Å². The number of benzene rings is 2. The van der Waals surface area contributed by atoms with Crippen LogP contribution in [-0.2, 0) is 10.1 Å². The van der Waals surface area contributed by atoms with E-state index in [9.17, 15) is 22.0 Å². The Morgan fingerprint density at radius 3 is 2.19 bits per heavy atom. The Labute approximate surface area is 119 Å². The fraction of sp³-hybridized carbons (Fsp3) is 0. The van der Waals surface area contributed by atoms with Gasteiger partial charge in [0.25, 0.3) is 5.91 Å². The highest BCUT2D eigenvalue weighted by Crippen LogP contribution is 2.23. The molecule has 0 fully saturated rings. The van der Waals surface area contributed by atoms with E-state index < -0.39 is 32.6 Å². The number of hydrogen-bond acceptors (Lipinski definition) is 4. The van der Waals surface area contributed by atoms with E-state index in [1.54, 1.807) is 0 Å². The Bertz CT molecular complexity index is 785. The van der Waals surface area contributed by atoms with Gasteiger partial charge in [0.2, 0.25) is 0 Å². The Morgan fingerprint density at radius 2 is 1.62 bits per heavy atom. The van der Waals surface area contributed by atoms with Crippen LogP contribution in [0, 0.1) is 11.6 Å². The highest BCUT2D eigenvalue weighted by atomic mass is 32.2. The van der Waals surface area contributed by atoms with Gasteiger partial charge in [-0.1, -0.05) is 12.1 Å². The molecule has 0 unspecified atom stereocenters. The molecular formula is C13H9F2NO4S. The summed E-state index contributed by atoms with van der Waals surface area (Å²) in [4.78, 5) is 10.5. The highest BCUT2D eigenvalue weighted by Gasteiger charge is 2.21. The van der Waals surface area contributed by atoms with Crippen LogP contribution in [0.25, 0.3) is 0 Å². The maximum atomic E-state index is 13.1. The summed E-state index contributed by atoms with van der Waals surface area (Å²) in [5.41, 5.74) is 4.92. The largest absolute Gasteiger partial charge is 0.378 e. The second-order valence-corrected chi connectivity index (χ2v) is 5.55. The van der Waals surface area contributed by atoms with Crippen LogP contribution in [0.2, 0.25) is 0 Å². The van der Waals surface area contributed by atoms with Crippen LogP contribution in [0.4, 0.5) is 8.78 Å². The van der Waals surface area contributed by atoms with Crippen molar-refractivity contribution >= 4 is 16.0 Å². The van der Waals surface area contributed by atoms with Crippen molar-refractivity contribution in [1.29, 1.82) is 0 Å². The molecule has 2 rings (SSSR count). The van der Waals surface area contributed by atoms with Gasteiger partial charge in [0.05, 0.1) is 5.56 Å². The Hall–Kier alpha value is -2.48. The van der Waals surface area contributed by atoms with Crippen LogP contribution in [0.15, 0.2) is 47.4 Å². The average Bonchev–Trinajstić information content (AvgIpc) is 2.37. The molecule has 2 aromatic rings. The summed E-state index contributed by atoms with van der Waals surface area (Å²) in [7, 11) is -4.50. The number of amides is 1. The van der Waals surface area contributed by atoms with E-state index in [1.807, 2.05) is 0 Å². The molecule has 2 aromatic carbocycles. The number of rotatable bonds is 4. The van der Waals surface area contributed by atoms with Crippen LogP contribution in [0.3, 0.4) is 0 Å². The summed E-state index contributed by atoms with van der Waals surface area (Å²) in [6.07, 6.45) is 0. The Balaban J connectivity index is 2.45. The quantitative estimate of drug-likeness (QED) is 0.873. The first-order valence-corrected chi connectivity index (χ1v) is 7.00. The number of halogens is 2. The van der Waals surface area contributed by atoms with Crippen LogP contribution in [-0.4, -0.2) is 14.3 Å². The molecule has 0 radical (unpaired) electrons. The third kappa shape index (κ3) is 3.34. The first-order chi connectivity index (χ1) is 9.79. The van der Waals surface area contributed by atoms with Gasteiger partial charge in [0, 0.05) is 6.07 Å². The van der Waals surface area contributed by atoms with Crippen molar-refractivity contribution in [3.8, 4) is 5.75 Å². The molecule has 0 aliphatic carbocycles. The molecule has 21 heavy (non-hydrogen) atoms. The number of carbonyl (C=O) groups is 1. The number of nitrogens with two attached hydrogens (primary N) is 1. The number of para-hydroxylation sites is 1. The van der Waals surface area contributed by atoms with E-state index in [1.165, 1.54) is 24.3 Å². The fourth-order valence-corrected chi connectivity index (χ4v) is 2.57. The van der Waals surface area contributed by atoms with Gasteiger partial charge in [0.1, 0.15) is 16.5 Å². The van der Waals surface area contributed by atoms with E-state index in [2.05, 4.69) is 0 Å². The summed E-state index contributed by atoms with van der Waals surface area (Å²) in [5.74, 6) is -3.36. The molecule has 0 aliphatic rings. The van der Waals surface area contributed by atoms with Gasteiger partial charge in [-0.2, -0.15) is 8.42 Å². The highest BCUT2D eigenvalue weighted by molar-refractivity contribution is 7.87. The second-order valence-electron chi connectivity index (χ2n) is 4.00. The third-order valence-corrected chi connectivity index (χ3v) is 3.69. The van der Waals surface area contributed by atoms with Gasteiger partial charge in [-0.15, -0.1) is 0 Å². The maximum absolute atomic E-state index is 13.1. The first kappa shape index (κ1) is 14.9. The summed E-state index contributed by atoms with van der Waals surface area (Å²) in [6.45, 7) is 0. The minimum atomic E-state index is -4.50. The zero-order chi connectivity index (χ0) is 15.6. The van der Waals surface area contributed by atoms with Gasteiger partial charge in [-0.05, 0) is 24.3 Å². The summed E-state index contributed by atoms with van der Waals surface area (Å²) >= 11 is 0. The third-order valence-electron chi connectivity index (χ3n) is 2.48. The van der Waals surface area contributed by atoms with E-state index in [-0.39, 0.29) is 11.3 Å². The van der Waals surface area contributed by atoms with E-state index in [4.69, 9.17) is 9.92 Å². The lowest BCUT2D eigenvalue weighted by Crippen LogP contribution is -2.16. The Kier molecular flexibility index (Phi) is 3.90. The van der Waals surface area contributed by atoms with Gasteiger partial charge in [0.15, 0.2) is 5.75 Å². The molecule has 0 atom stereocenters. The SMILES string of the molecule is NC(=O)c1ccccc1OS(=O)(=O)c1cc(F)cc(F)c1. The fourth-order valence-electron chi connectivity index (χ4n) is 1.58. The normalized spacial score (nSPS) is 11.1. The van der Waals surface area contributed by atoms with Crippen LogP contribution >= 0.6 is 0 Å². The molecule has 0 saturated carbocycles. The maximum Gasteiger partial charge on any atom is 0.339 e. The van der Waals surface area contributed by atoms with Crippen LogP contribution in [0.5, 0.6) is 5.75 Å². The minimum absolute atomic E-state index is 0.169. The summed E-state index contributed by atoms with van der Waals surface area (Å²) < 4.78 is 54.8. The van der Waals surface area contributed by atoms with Crippen molar-refractivity contribution in [1.82, 2.24) is 0 Å². The lowest BCUT2D eigenvalue weighted by molar-refractivity contribution is 0.0999. The van der Waals surface area contributed by atoms with E-state index >= 15 is 0 Å². The zero-order valence-electron chi connectivity index (χ0n) is 10.4. The molecule has 0 aliphatic heterocycles. The van der Waals surface area contributed by atoms with Crippen molar-refractivity contribution in [3.05, 3.63) is 59.7 Å². The Morgan fingerprint density at radius 1 is 1.05 bits per heavy atom. The predicted molar refractivity (Wildman–Crippen MR) is 69.1 cm³/mol. The number of carbonyl (C=O) groups excluding carboxylic acids is 1. The van der Waals surface area contributed by atoms with Gasteiger partial charge >= 0.3 is 10.1 Å². The topological polar surface area (TPSA) is 86.5 Å². The van der Waals surface area contributed by atoms with Crippen molar-refractivity contribution < 1.29 is 26.2 Å². The number of primary amides is 1. The summed E-state index contributed by atoms with van der Waals surface area (Å²) in [6, 6.07) is 7.07. The lowest BCUT2D eigenvalue weighted by Gasteiger charge is -2.09. The molecule has 1 amide bonds. The molecule has 0 heterocycles. The number of hydrogen-bond donors (Lipinski definition) is 1. The second kappa shape index (κ2) is 5.49. The van der Waals surface area contributed by atoms with Crippen LogP contribution < -0.4 is 9.92 Å². The average molecular weight is 313 g/mol. The molecule has 0 spiro atoms. The molecule has 0 bridgehead atoms. The van der Waals surface area contributed by atoms with Gasteiger partial charge in [-0.3, -0.25) is 4.79 Å². The van der Waals surface area contributed by atoms with Crippen molar-refractivity contribution in [3.63, 3.8) is 0 Å². The molecule has 2 N–H and O–H groups in total. The standard InChI is InChI=1S/C13H9F2NO4S/c14-8-5-9(15)7-10(6-8)21(18,19)20-12-4-2-1-3-11(12)13(16)17/h1-7H,(H2,16,17). The first-order valence-electron chi connectivity index (χ1n) is 5.59.